The zero-order valence-electron chi connectivity index (χ0n) is 20.6. The lowest BCUT2D eigenvalue weighted by Gasteiger charge is -2.44. The van der Waals surface area contributed by atoms with Crippen molar-refractivity contribution in [3.05, 3.63) is 57.3 Å². The first-order valence-corrected chi connectivity index (χ1v) is 13.0. The first-order chi connectivity index (χ1) is 16.2. The predicted octanol–water partition coefficient (Wildman–Crippen LogP) is 3.78. The fourth-order valence-corrected chi connectivity index (χ4v) is 6.21. The molecule has 6 nitrogen and oxygen atoms in total. The Morgan fingerprint density at radius 3 is 2.26 bits per heavy atom. The summed E-state index contributed by atoms with van der Waals surface area (Å²) in [7, 11) is 0. The Bertz CT molecular complexity index is 1050. The highest BCUT2D eigenvalue weighted by molar-refractivity contribution is 7.12. The minimum atomic E-state index is -0.824. The topological polar surface area (TPSA) is 78.5 Å². The quantitative estimate of drug-likeness (QED) is 0.632. The van der Waals surface area contributed by atoms with Crippen molar-refractivity contribution in [1.82, 2.24) is 15.5 Å². The van der Waals surface area contributed by atoms with E-state index in [1.54, 1.807) is 4.90 Å². The summed E-state index contributed by atoms with van der Waals surface area (Å²) in [5, 5.41) is 6.06. The van der Waals surface area contributed by atoms with Gasteiger partial charge in [0, 0.05) is 15.8 Å². The van der Waals surface area contributed by atoms with Crippen LogP contribution in [-0.2, 0) is 27.2 Å². The summed E-state index contributed by atoms with van der Waals surface area (Å²) in [4.78, 5) is 44.6. The second kappa shape index (κ2) is 9.90. The van der Waals surface area contributed by atoms with Crippen molar-refractivity contribution in [3.8, 4) is 0 Å². The molecule has 1 aliphatic heterocycles. The van der Waals surface area contributed by atoms with Crippen molar-refractivity contribution >= 4 is 29.1 Å². The molecule has 2 aliphatic rings. The van der Waals surface area contributed by atoms with Crippen LogP contribution in [-0.4, -0.2) is 40.7 Å². The summed E-state index contributed by atoms with van der Waals surface area (Å²) in [6.45, 7) is 9.87. The molecule has 0 bridgehead atoms. The van der Waals surface area contributed by atoms with Crippen LogP contribution < -0.4 is 10.6 Å². The van der Waals surface area contributed by atoms with E-state index in [1.807, 2.05) is 58.9 Å². The van der Waals surface area contributed by atoms with Crippen LogP contribution >= 0.6 is 11.3 Å². The highest BCUT2D eigenvalue weighted by Crippen LogP contribution is 2.37. The van der Waals surface area contributed by atoms with Gasteiger partial charge in [0.2, 0.25) is 17.7 Å². The fourth-order valence-electron chi connectivity index (χ4n) is 5.23. The fraction of sp³-hybridized carbons (Fsp3) is 0.519. The van der Waals surface area contributed by atoms with E-state index >= 15 is 0 Å². The minimum Gasteiger partial charge on any atom is -0.352 e. The van der Waals surface area contributed by atoms with Crippen molar-refractivity contribution in [2.45, 2.75) is 78.0 Å². The molecule has 0 unspecified atom stereocenters. The summed E-state index contributed by atoms with van der Waals surface area (Å²) in [6.07, 6.45) is 2.00. The second-order valence-electron chi connectivity index (χ2n) is 10.3. The number of nitrogens with zero attached hydrogens (tertiary/aromatic N) is 1. The van der Waals surface area contributed by atoms with Crippen molar-refractivity contribution in [2.75, 3.05) is 0 Å². The molecule has 34 heavy (non-hydrogen) atoms. The maximum absolute atomic E-state index is 14.1. The van der Waals surface area contributed by atoms with Crippen LogP contribution in [0, 0.1) is 18.8 Å². The Morgan fingerprint density at radius 2 is 1.74 bits per heavy atom. The van der Waals surface area contributed by atoms with Gasteiger partial charge in [-0.25, -0.2) is 0 Å². The molecule has 2 aromatic rings. The Kier molecular flexibility index (Phi) is 7.12. The first kappa shape index (κ1) is 24.5. The number of piperazine rings is 1. The number of fused-ring (bicyclic) bond motifs is 1. The van der Waals surface area contributed by atoms with Gasteiger partial charge in [-0.3, -0.25) is 14.4 Å². The van der Waals surface area contributed by atoms with Crippen molar-refractivity contribution < 1.29 is 14.4 Å². The zero-order valence-corrected chi connectivity index (χ0v) is 21.4. The third kappa shape index (κ3) is 4.90. The molecule has 7 heteroatoms. The smallest absolute Gasteiger partial charge is 0.248 e. The van der Waals surface area contributed by atoms with Gasteiger partial charge in [-0.2, -0.15) is 0 Å². The van der Waals surface area contributed by atoms with Gasteiger partial charge in [-0.05, 0) is 75.1 Å². The summed E-state index contributed by atoms with van der Waals surface area (Å²) in [6, 6.07) is 9.87. The number of benzene rings is 1. The molecule has 182 valence electrons. The van der Waals surface area contributed by atoms with E-state index in [0.717, 1.165) is 22.6 Å². The Balaban J connectivity index is 1.73. The SMILES string of the molecule is Cc1ccc([C@@H](C(=O)NC(C)C)N2C(=O)[C@@H](C3Cc4ccccc4C3)NC(=O)[C@H]2CC(C)C)s1. The number of carbonyl (C=O) groups is 3. The highest BCUT2D eigenvalue weighted by atomic mass is 32.1. The third-order valence-electron chi connectivity index (χ3n) is 6.69. The highest BCUT2D eigenvalue weighted by Gasteiger charge is 2.49. The third-order valence-corrected chi connectivity index (χ3v) is 7.75. The van der Waals surface area contributed by atoms with E-state index < -0.39 is 18.1 Å². The molecular weight excluding hydrogens is 446 g/mol. The number of hydrogen-bond acceptors (Lipinski definition) is 4. The zero-order chi connectivity index (χ0) is 24.6. The van der Waals surface area contributed by atoms with Gasteiger partial charge in [0.25, 0.3) is 0 Å². The van der Waals surface area contributed by atoms with Crippen LogP contribution in [0.2, 0.25) is 0 Å². The summed E-state index contributed by atoms with van der Waals surface area (Å²) < 4.78 is 0. The number of rotatable bonds is 7. The van der Waals surface area contributed by atoms with Gasteiger partial charge in [0.05, 0.1) is 0 Å². The average Bonchev–Trinajstić information content (AvgIpc) is 3.38. The molecule has 0 spiro atoms. The molecule has 1 aromatic carbocycles. The van der Waals surface area contributed by atoms with Crippen molar-refractivity contribution in [3.63, 3.8) is 0 Å². The molecule has 0 saturated carbocycles. The van der Waals surface area contributed by atoms with E-state index in [1.165, 1.54) is 22.5 Å². The molecule has 1 fully saturated rings. The van der Waals surface area contributed by atoms with Gasteiger partial charge in [-0.1, -0.05) is 38.1 Å². The average molecular weight is 482 g/mol. The number of aryl methyl sites for hydroxylation is 1. The summed E-state index contributed by atoms with van der Waals surface area (Å²) >= 11 is 1.51. The first-order valence-electron chi connectivity index (χ1n) is 12.2. The molecule has 2 N–H and O–H groups in total. The number of hydrogen-bond donors (Lipinski definition) is 2. The lowest BCUT2D eigenvalue weighted by atomic mass is 9.88. The number of carbonyl (C=O) groups excluding carboxylic acids is 3. The minimum absolute atomic E-state index is 0.0183. The van der Waals surface area contributed by atoms with Crippen LogP contribution in [0.4, 0.5) is 0 Å². The van der Waals surface area contributed by atoms with E-state index in [9.17, 15) is 14.4 Å². The molecule has 0 radical (unpaired) electrons. The Labute approximate surface area is 206 Å². The molecule has 3 atom stereocenters. The number of nitrogens with one attached hydrogen (secondary N) is 2. The molecular formula is C27H35N3O3S. The largest absolute Gasteiger partial charge is 0.352 e. The Morgan fingerprint density at radius 1 is 1.09 bits per heavy atom. The normalized spacial score (nSPS) is 21.7. The maximum atomic E-state index is 14.1. The maximum Gasteiger partial charge on any atom is 0.248 e. The Hall–Kier alpha value is -2.67. The molecule has 4 rings (SSSR count). The molecule has 1 aliphatic carbocycles. The number of amides is 3. The predicted molar refractivity (Wildman–Crippen MR) is 134 cm³/mol. The van der Waals surface area contributed by atoms with Crippen LogP contribution in [0.15, 0.2) is 36.4 Å². The van der Waals surface area contributed by atoms with Gasteiger partial charge < -0.3 is 15.5 Å². The number of thiophene rings is 1. The van der Waals surface area contributed by atoms with E-state index in [2.05, 4.69) is 22.8 Å². The second-order valence-corrected chi connectivity index (χ2v) is 11.6. The lowest BCUT2D eigenvalue weighted by molar-refractivity contribution is -0.157. The van der Waals surface area contributed by atoms with Gasteiger partial charge in [-0.15, -0.1) is 11.3 Å². The standard InChI is InChI=1S/C27H35N3O3S/c1-15(2)12-21-25(31)29-23(20-13-18-8-6-7-9-19(18)14-20)27(33)30(21)24(26(32)28-16(3)4)22-11-10-17(5)34-22/h6-11,15-16,20-21,23-24H,12-14H2,1-5H3,(H,28,32)(H,29,31)/t21-,23-,24+/m1/s1. The van der Waals surface area contributed by atoms with Crippen molar-refractivity contribution in [2.24, 2.45) is 11.8 Å². The molecule has 2 heterocycles. The van der Waals surface area contributed by atoms with E-state index in [4.69, 9.17) is 0 Å². The summed E-state index contributed by atoms with van der Waals surface area (Å²) in [5.74, 6) is -0.377. The lowest BCUT2D eigenvalue weighted by Crippen LogP contribution is -2.67. The van der Waals surface area contributed by atoms with E-state index in [0.29, 0.717) is 6.42 Å². The van der Waals surface area contributed by atoms with Crippen LogP contribution in [0.1, 0.15) is 61.0 Å². The van der Waals surface area contributed by atoms with Gasteiger partial charge in [0.1, 0.15) is 18.1 Å². The monoisotopic (exact) mass is 481 g/mol. The van der Waals surface area contributed by atoms with E-state index in [-0.39, 0.29) is 35.6 Å². The van der Waals surface area contributed by atoms with Crippen LogP contribution in [0.5, 0.6) is 0 Å². The van der Waals surface area contributed by atoms with Crippen LogP contribution in [0.25, 0.3) is 0 Å². The van der Waals surface area contributed by atoms with Crippen LogP contribution in [0.3, 0.4) is 0 Å². The molecule has 1 saturated heterocycles. The molecule has 1 aromatic heterocycles. The van der Waals surface area contributed by atoms with Gasteiger partial charge in [0.15, 0.2) is 0 Å². The summed E-state index contributed by atoms with van der Waals surface area (Å²) in [5.41, 5.74) is 2.46. The van der Waals surface area contributed by atoms with Crippen molar-refractivity contribution in [1.29, 1.82) is 0 Å². The molecule has 3 amide bonds. The van der Waals surface area contributed by atoms with Gasteiger partial charge >= 0.3 is 0 Å².